The zero-order valence-corrected chi connectivity index (χ0v) is 12.0. The molecule has 100 valence electrons. The van der Waals surface area contributed by atoms with Crippen LogP contribution in [0.25, 0.3) is 0 Å². The summed E-state index contributed by atoms with van der Waals surface area (Å²) in [7, 11) is 0. The molecule has 0 aliphatic carbocycles. The Kier molecular flexibility index (Phi) is 3.91. The lowest BCUT2D eigenvalue weighted by molar-refractivity contribution is 0.0943. The van der Waals surface area contributed by atoms with Crippen molar-refractivity contribution in [3.05, 3.63) is 23.0 Å². The Bertz CT molecular complexity index is 448. The molecule has 1 fully saturated rings. The lowest BCUT2D eigenvalue weighted by Gasteiger charge is -2.14. The van der Waals surface area contributed by atoms with Gasteiger partial charge in [-0.05, 0) is 45.7 Å². The van der Waals surface area contributed by atoms with Gasteiger partial charge < -0.3 is 4.57 Å². The number of rotatable bonds is 4. The summed E-state index contributed by atoms with van der Waals surface area (Å²) in [6.45, 7) is 12.2. The predicted molar refractivity (Wildman–Crippen MR) is 74.1 cm³/mol. The molecule has 2 heterocycles. The highest BCUT2D eigenvalue weighted by atomic mass is 16.1. The maximum atomic E-state index is 12.4. The first kappa shape index (κ1) is 13.3. The molecule has 0 radical (unpaired) electrons. The Morgan fingerprint density at radius 3 is 2.67 bits per heavy atom. The van der Waals surface area contributed by atoms with Gasteiger partial charge in [0.05, 0.1) is 6.54 Å². The average molecular weight is 248 g/mol. The van der Waals surface area contributed by atoms with Crippen molar-refractivity contribution >= 4 is 5.78 Å². The number of carbonyl (C=O) groups excluding carboxylic acids is 1. The summed E-state index contributed by atoms with van der Waals surface area (Å²) < 4.78 is 2.21. The van der Waals surface area contributed by atoms with Crippen LogP contribution in [0.5, 0.6) is 0 Å². The van der Waals surface area contributed by atoms with Crippen molar-refractivity contribution in [2.75, 3.05) is 19.6 Å². The van der Waals surface area contributed by atoms with E-state index >= 15 is 0 Å². The highest BCUT2D eigenvalue weighted by Gasteiger charge is 2.23. The van der Waals surface area contributed by atoms with Crippen LogP contribution in [-0.4, -0.2) is 34.9 Å². The van der Waals surface area contributed by atoms with Crippen LogP contribution in [0.15, 0.2) is 6.07 Å². The molecule has 18 heavy (non-hydrogen) atoms. The molecule has 1 atom stereocenters. The zero-order valence-electron chi connectivity index (χ0n) is 12.0. The highest BCUT2D eigenvalue weighted by molar-refractivity contribution is 5.99. The normalized spacial score (nSPS) is 20.6. The van der Waals surface area contributed by atoms with Gasteiger partial charge in [-0.2, -0.15) is 0 Å². The van der Waals surface area contributed by atoms with Crippen LogP contribution >= 0.6 is 0 Å². The van der Waals surface area contributed by atoms with E-state index in [-0.39, 0.29) is 5.78 Å². The molecule has 1 aromatic heterocycles. The summed E-state index contributed by atoms with van der Waals surface area (Å²) in [6.07, 6.45) is 1.22. The smallest absolute Gasteiger partial charge is 0.178 e. The fourth-order valence-electron chi connectivity index (χ4n) is 3.03. The van der Waals surface area contributed by atoms with Crippen LogP contribution in [0.3, 0.4) is 0 Å². The van der Waals surface area contributed by atoms with Crippen LogP contribution in [0.2, 0.25) is 0 Å². The fourth-order valence-corrected chi connectivity index (χ4v) is 3.03. The Morgan fingerprint density at radius 1 is 1.44 bits per heavy atom. The zero-order chi connectivity index (χ0) is 13.3. The molecule has 3 nitrogen and oxygen atoms in total. The summed E-state index contributed by atoms with van der Waals surface area (Å²) in [5.74, 6) is 1.01. The number of carbonyl (C=O) groups is 1. The van der Waals surface area contributed by atoms with Crippen LogP contribution in [0.4, 0.5) is 0 Å². The number of aromatic nitrogens is 1. The third-order valence-corrected chi connectivity index (χ3v) is 4.07. The van der Waals surface area contributed by atoms with Gasteiger partial charge in [0.1, 0.15) is 0 Å². The van der Waals surface area contributed by atoms with Gasteiger partial charge in [0.2, 0.25) is 0 Å². The van der Waals surface area contributed by atoms with E-state index in [9.17, 15) is 4.79 Å². The van der Waals surface area contributed by atoms with Crippen molar-refractivity contribution < 1.29 is 4.79 Å². The second-order valence-electron chi connectivity index (χ2n) is 5.58. The van der Waals surface area contributed by atoms with Gasteiger partial charge in [0.15, 0.2) is 5.78 Å². The minimum Gasteiger partial charge on any atom is -0.349 e. The maximum Gasteiger partial charge on any atom is 0.178 e. The third-order valence-electron chi connectivity index (χ3n) is 4.07. The standard InChI is InChI=1S/C15H24N2O/c1-5-17-12(3)8-14(13(17)4)15(18)10-16-7-6-11(2)9-16/h8,11H,5-7,9-10H2,1-4H3. The summed E-state index contributed by atoms with van der Waals surface area (Å²) in [5.41, 5.74) is 3.22. The molecule has 1 aromatic rings. The lowest BCUT2D eigenvalue weighted by atomic mass is 10.1. The highest BCUT2D eigenvalue weighted by Crippen LogP contribution is 2.19. The molecule has 0 amide bonds. The van der Waals surface area contributed by atoms with E-state index in [0.29, 0.717) is 6.54 Å². The topological polar surface area (TPSA) is 25.2 Å². The Morgan fingerprint density at radius 2 is 2.17 bits per heavy atom. The van der Waals surface area contributed by atoms with Gasteiger partial charge in [-0.25, -0.2) is 0 Å². The molecule has 0 spiro atoms. The minimum atomic E-state index is 0.275. The van der Waals surface area contributed by atoms with E-state index in [0.717, 1.165) is 36.8 Å². The molecule has 3 heteroatoms. The third kappa shape index (κ3) is 2.51. The number of hydrogen-bond donors (Lipinski definition) is 0. The van der Waals surface area contributed by atoms with E-state index in [1.165, 1.54) is 12.1 Å². The van der Waals surface area contributed by atoms with Crippen molar-refractivity contribution in [2.45, 2.75) is 40.7 Å². The molecule has 1 saturated heterocycles. The van der Waals surface area contributed by atoms with Crippen LogP contribution < -0.4 is 0 Å². The van der Waals surface area contributed by atoms with Gasteiger partial charge in [0, 0.05) is 30.0 Å². The van der Waals surface area contributed by atoms with E-state index in [1.54, 1.807) is 0 Å². The van der Waals surface area contributed by atoms with Gasteiger partial charge in [0.25, 0.3) is 0 Å². The van der Waals surface area contributed by atoms with Crippen LogP contribution in [0.1, 0.15) is 42.0 Å². The van der Waals surface area contributed by atoms with Crippen LogP contribution in [-0.2, 0) is 6.54 Å². The molecular weight excluding hydrogens is 224 g/mol. The van der Waals surface area contributed by atoms with Crippen molar-refractivity contribution in [2.24, 2.45) is 5.92 Å². The van der Waals surface area contributed by atoms with Gasteiger partial charge in [-0.3, -0.25) is 9.69 Å². The van der Waals surface area contributed by atoms with E-state index in [2.05, 4.69) is 37.2 Å². The maximum absolute atomic E-state index is 12.4. The first-order valence-electron chi connectivity index (χ1n) is 6.95. The quantitative estimate of drug-likeness (QED) is 0.765. The summed E-state index contributed by atoms with van der Waals surface area (Å²) in [4.78, 5) is 14.6. The van der Waals surface area contributed by atoms with Gasteiger partial charge in [-0.1, -0.05) is 6.92 Å². The second-order valence-corrected chi connectivity index (χ2v) is 5.58. The van der Waals surface area contributed by atoms with Crippen molar-refractivity contribution in [1.82, 2.24) is 9.47 Å². The first-order valence-corrected chi connectivity index (χ1v) is 6.95. The number of Topliss-reactive ketones (excluding diaryl/α,β-unsaturated/α-hetero) is 1. The van der Waals surface area contributed by atoms with E-state index < -0.39 is 0 Å². The second kappa shape index (κ2) is 5.27. The molecule has 0 bridgehead atoms. The Hall–Kier alpha value is -1.09. The Balaban J connectivity index is 2.09. The lowest BCUT2D eigenvalue weighted by Crippen LogP contribution is -2.27. The molecule has 0 saturated carbocycles. The van der Waals surface area contributed by atoms with Gasteiger partial charge >= 0.3 is 0 Å². The number of nitrogens with zero attached hydrogens (tertiary/aromatic N) is 2. The van der Waals surface area contributed by atoms with E-state index in [1.807, 2.05) is 6.07 Å². The van der Waals surface area contributed by atoms with Gasteiger partial charge in [-0.15, -0.1) is 0 Å². The summed E-state index contributed by atoms with van der Waals surface area (Å²) in [5, 5.41) is 0. The SMILES string of the molecule is CCn1c(C)cc(C(=O)CN2CCC(C)C2)c1C. The monoisotopic (exact) mass is 248 g/mol. The predicted octanol–water partition coefficient (Wildman–Crippen LogP) is 2.65. The number of ketones is 1. The minimum absolute atomic E-state index is 0.275. The number of likely N-dealkylation sites (tertiary alicyclic amines) is 1. The molecule has 1 aliphatic rings. The molecule has 1 aliphatic heterocycles. The molecule has 0 aromatic carbocycles. The number of hydrogen-bond acceptors (Lipinski definition) is 2. The molecule has 0 N–H and O–H groups in total. The average Bonchev–Trinajstić information content (AvgIpc) is 2.83. The molecule has 1 unspecified atom stereocenters. The fraction of sp³-hybridized carbons (Fsp3) is 0.667. The van der Waals surface area contributed by atoms with Crippen molar-refractivity contribution in [3.63, 3.8) is 0 Å². The largest absolute Gasteiger partial charge is 0.349 e. The first-order chi connectivity index (χ1) is 8.52. The summed E-state index contributed by atoms with van der Waals surface area (Å²) >= 11 is 0. The van der Waals surface area contributed by atoms with Crippen LogP contribution in [0, 0.1) is 19.8 Å². The Labute approximate surface area is 110 Å². The molecule has 2 rings (SSSR count). The van der Waals surface area contributed by atoms with E-state index in [4.69, 9.17) is 0 Å². The number of aryl methyl sites for hydroxylation is 1. The summed E-state index contributed by atoms with van der Waals surface area (Å²) in [6, 6.07) is 2.04. The molecular formula is C15H24N2O. The van der Waals surface area contributed by atoms with Crippen molar-refractivity contribution in [3.8, 4) is 0 Å². The van der Waals surface area contributed by atoms with Crippen molar-refractivity contribution in [1.29, 1.82) is 0 Å².